The van der Waals surface area contributed by atoms with Crippen LogP contribution >= 0.6 is 11.3 Å². The first-order valence-corrected chi connectivity index (χ1v) is 10.8. The van der Waals surface area contributed by atoms with Gasteiger partial charge in [0.25, 0.3) is 0 Å². The average Bonchev–Trinajstić information content (AvgIpc) is 3.03. The number of benzene rings is 2. The van der Waals surface area contributed by atoms with Gasteiger partial charge in [-0.2, -0.15) is 0 Å². The summed E-state index contributed by atoms with van der Waals surface area (Å²) in [6, 6.07) is 11.2. The van der Waals surface area contributed by atoms with E-state index >= 15 is 0 Å². The fourth-order valence-corrected chi connectivity index (χ4v) is 4.58. The summed E-state index contributed by atoms with van der Waals surface area (Å²) < 4.78 is 36.8. The number of carboxylic acid groups (broad SMARTS) is 1. The van der Waals surface area contributed by atoms with E-state index in [0.29, 0.717) is 22.3 Å². The number of sulfone groups is 1. The lowest BCUT2D eigenvalue weighted by atomic mass is 9.94. The van der Waals surface area contributed by atoms with E-state index in [0.717, 1.165) is 17.6 Å². The highest BCUT2D eigenvalue weighted by Crippen LogP contribution is 2.43. The van der Waals surface area contributed by atoms with Crippen LogP contribution in [0.1, 0.15) is 26.3 Å². The van der Waals surface area contributed by atoms with E-state index in [-0.39, 0.29) is 20.4 Å². The van der Waals surface area contributed by atoms with Crippen molar-refractivity contribution in [2.24, 2.45) is 0 Å². The number of carbonyl (C=O) groups excluding carboxylic acids is 1. The fourth-order valence-electron chi connectivity index (χ4n) is 2.87. The molecule has 1 heterocycles. The van der Waals surface area contributed by atoms with Crippen LogP contribution in [0.2, 0.25) is 0 Å². The van der Waals surface area contributed by atoms with E-state index in [1.165, 1.54) is 55.5 Å². The average molecular weight is 418 g/mol. The van der Waals surface area contributed by atoms with Crippen LogP contribution in [0.5, 0.6) is 0 Å². The number of carbonyl (C=O) groups is 2. The van der Waals surface area contributed by atoms with Crippen molar-refractivity contribution in [3.63, 3.8) is 0 Å². The molecular formula is C20H15FO5S2. The Balaban J connectivity index is 2.33. The third-order valence-corrected chi connectivity index (χ3v) is 6.53. The first kappa shape index (κ1) is 19.9. The summed E-state index contributed by atoms with van der Waals surface area (Å²) >= 11 is 0.845. The Labute approximate surface area is 165 Å². The van der Waals surface area contributed by atoms with Crippen molar-refractivity contribution in [3.05, 3.63) is 64.1 Å². The summed E-state index contributed by atoms with van der Waals surface area (Å²) in [6.07, 6.45) is 1.08. The summed E-state index contributed by atoms with van der Waals surface area (Å²) in [5.41, 5.74) is 1.64. The Morgan fingerprint density at radius 3 is 1.79 bits per heavy atom. The van der Waals surface area contributed by atoms with E-state index in [1.54, 1.807) is 0 Å². The molecule has 1 aromatic heterocycles. The molecule has 0 bridgehead atoms. The van der Waals surface area contributed by atoms with Crippen molar-refractivity contribution in [2.45, 2.75) is 11.8 Å². The van der Waals surface area contributed by atoms with Gasteiger partial charge in [0, 0.05) is 17.4 Å². The second kappa shape index (κ2) is 7.29. The van der Waals surface area contributed by atoms with E-state index in [1.807, 2.05) is 0 Å². The number of halogens is 1. The van der Waals surface area contributed by atoms with Gasteiger partial charge in [0.1, 0.15) is 10.7 Å². The van der Waals surface area contributed by atoms with Crippen molar-refractivity contribution in [1.82, 2.24) is 0 Å². The third kappa shape index (κ3) is 3.74. The normalized spacial score (nSPS) is 11.4. The van der Waals surface area contributed by atoms with Gasteiger partial charge in [0.15, 0.2) is 15.6 Å². The summed E-state index contributed by atoms with van der Waals surface area (Å²) in [4.78, 5) is 24.3. The first-order chi connectivity index (χ1) is 13.1. The fraction of sp³-hybridized carbons (Fsp3) is 0.100. The van der Waals surface area contributed by atoms with Gasteiger partial charge >= 0.3 is 5.97 Å². The maximum atomic E-state index is 13.3. The van der Waals surface area contributed by atoms with Crippen LogP contribution in [0.4, 0.5) is 4.39 Å². The number of aromatic carboxylic acids is 1. The Hall–Kier alpha value is -2.84. The van der Waals surface area contributed by atoms with Crippen LogP contribution in [0, 0.1) is 5.82 Å². The molecule has 2 aromatic carbocycles. The third-order valence-electron chi connectivity index (χ3n) is 4.13. The molecule has 0 aliphatic carbocycles. The molecule has 0 saturated heterocycles. The van der Waals surface area contributed by atoms with Gasteiger partial charge in [-0.15, -0.1) is 11.3 Å². The molecule has 0 fully saturated rings. The maximum Gasteiger partial charge on any atom is 0.346 e. The molecule has 0 spiro atoms. The van der Waals surface area contributed by atoms with Crippen molar-refractivity contribution < 1.29 is 27.5 Å². The largest absolute Gasteiger partial charge is 0.477 e. The lowest BCUT2D eigenvalue weighted by Crippen LogP contribution is -1.98. The molecule has 28 heavy (non-hydrogen) atoms. The summed E-state index contributed by atoms with van der Waals surface area (Å²) in [5, 5.41) is 9.64. The van der Waals surface area contributed by atoms with E-state index in [9.17, 15) is 27.5 Å². The van der Waals surface area contributed by atoms with Gasteiger partial charge < -0.3 is 5.11 Å². The number of hydrogen-bond donors (Lipinski definition) is 1. The zero-order valence-corrected chi connectivity index (χ0v) is 16.5. The second-order valence-corrected chi connectivity index (χ2v) is 9.21. The van der Waals surface area contributed by atoms with Gasteiger partial charge in [-0.25, -0.2) is 17.6 Å². The quantitative estimate of drug-likeness (QED) is 0.615. The van der Waals surface area contributed by atoms with Crippen LogP contribution in [-0.4, -0.2) is 31.5 Å². The lowest BCUT2D eigenvalue weighted by Gasteiger charge is -2.09. The van der Waals surface area contributed by atoms with Crippen LogP contribution in [0.15, 0.2) is 53.4 Å². The number of carboxylic acids is 1. The molecule has 5 nitrogen and oxygen atoms in total. The predicted octanol–water partition coefficient (Wildman–Crippen LogP) is 4.53. The van der Waals surface area contributed by atoms with Gasteiger partial charge in [-0.05, 0) is 42.3 Å². The molecule has 144 valence electrons. The minimum atomic E-state index is -3.40. The van der Waals surface area contributed by atoms with Crippen molar-refractivity contribution >= 4 is 32.9 Å². The van der Waals surface area contributed by atoms with Gasteiger partial charge in [-0.1, -0.05) is 24.3 Å². The number of rotatable bonds is 5. The maximum absolute atomic E-state index is 13.3. The summed E-state index contributed by atoms with van der Waals surface area (Å²) in [7, 11) is -3.40. The van der Waals surface area contributed by atoms with Crippen LogP contribution in [0.3, 0.4) is 0 Å². The highest BCUT2D eigenvalue weighted by Gasteiger charge is 2.26. The molecular weight excluding hydrogens is 403 g/mol. The number of thiophene rings is 1. The smallest absolute Gasteiger partial charge is 0.346 e. The molecule has 3 rings (SSSR count). The Kier molecular flexibility index (Phi) is 5.18. The van der Waals surface area contributed by atoms with E-state index < -0.39 is 21.6 Å². The molecule has 8 heteroatoms. The molecule has 0 saturated carbocycles. The summed E-state index contributed by atoms with van der Waals surface area (Å²) in [5.74, 6) is -1.99. The lowest BCUT2D eigenvalue weighted by molar-refractivity contribution is 0.0702. The Morgan fingerprint density at radius 2 is 1.36 bits per heavy atom. The first-order valence-electron chi connectivity index (χ1n) is 8.07. The number of ketones is 1. The molecule has 0 aliphatic rings. The summed E-state index contributed by atoms with van der Waals surface area (Å²) in [6.45, 7) is 1.33. The van der Waals surface area contributed by atoms with Crippen LogP contribution < -0.4 is 0 Å². The minimum Gasteiger partial charge on any atom is -0.477 e. The SMILES string of the molecule is CC(=O)c1sc(C(=O)O)c(-c2ccc(F)cc2)c1-c1ccc(S(C)(=O)=O)cc1. The van der Waals surface area contributed by atoms with Gasteiger partial charge in [0.05, 0.1) is 9.77 Å². The highest BCUT2D eigenvalue weighted by molar-refractivity contribution is 7.90. The number of hydrogen-bond acceptors (Lipinski definition) is 5. The zero-order valence-electron chi connectivity index (χ0n) is 14.9. The molecule has 0 unspecified atom stereocenters. The van der Waals surface area contributed by atoms with Crippen molar-refractivity contribution in [1.29, 1.82) is 0 Å². The van der Waals surface area contributed by atoms with Gasteiger partial charge in [0.2, 0.25) is 0 Å². The molecule has 3 aromatic rings. The topological polar surface area (TPSA) is 88.5 Å². The van der Waals surface area contributed by atoms with Crippen LogP contribution in [0.25, 0.3) is 22.3 Å². The zero-order chi connectivity index (χ0) is 20.6. The van der Waals surface area contributed by atoms with E-state index in [2.05, 4.69) is 0 Å². The Morgan fingerprint density at radius 1 is 0.893 bits per heavy atom. The molecule has 0 atom stereocenters. The van der Waals surface area contributed by atoms with Crippen molar-refractivity contribution in [3.8, 4) is 22.3 Å². The highest BCUT2D eigenvalue weighted by atomic mass is 32.2. The van der Waals surface area contributed by atoms with Crippen molar-refractivity contribution in [2.75, 3.05) is 6.26 Å². The van der Waals surface area contributed by atoms with E-state index in [4.69, 9.17) is 0 Å². The molecule has 0 amide bonds. The van der Waals surface area contributed by atoms with Gasteiger partial charge in [-0.3, -0.25) is 4.79 Å². The monoisotopic (exact) mass is 418 g/mol. The molecule has 1 N–H and O–H groups in total. The standard InChI is InChI=1S/C20H15FO5S2/c1-11(22)18-16(13-5-9-15(10-6-13)28(2,25)26)17(19(27-18)20(23)24)12-3-7-14(21)8-4-12/h3-10H,1-2H3,(H,23,24). The predicted molar refractivity (Wildman–Crippen MR) is 105 cm³/mol. The van der Waals surface area contributed by atoms with Crippen LogP contribution in [-0.2, 0) is 9.84 Å². The minimum absolute atomic E-state index is 0.0426. The second-order valence-electron chi connectivity index (χ2n) is 6.18. The number of Topliss-reactive ketones (excluding diaryl/α,β-unsaturated/α-hetero) is 1. The Bertz CT molecular complexity index is 1170. The molecule has 0 aliphatic heterocycles. The molecule has 0 radical (unpaired) electrons.